The van der Waals surface area contributed by atoms with Crippen LogP contribution in [0.25, 0.3) is 0 Å². The van der Waals surface area contributed by atoms with Crippen molar-refractivity contribution in [1.29, 1.82) is 0 Å². The van der Waals surface area contributed by atoms with Crippen LogP contribution in [0.2, 0.25) is 0 Å². The van der Waals surface area contributed by atoms with Crippen LogP contribution < -0.4 is 10.1 Å². The van der Waals surface area contributed by atoms with Gasteiger partial charge in [-0.15, -0.1) is 0 Å². The molecule has 20 heavy (non-hydrogen) atoms. The van der Waals surface area contributed by atoms with Crippen LogP contribution in [-0.2, 0) is 0 Å². The van der Waals surface area contributed by atoms with Crippen molar-refractivity contribution >= 4 is 15.9 Å². The second kappa shape index (κ2) is 6.86. The number of rotatable bonds is 5. The van der Waals surface area contributed by atoms with Gasteiger partial charge in [-0.3, -0.25) is 0 Å². The zero-order chi connectivity index (χ0) is 14.5. The highest BCUT2D eigenvalue weighted by molar-refractivity contribution is 9.10. The van der Waals surface area contributed by atoms with E-state index in [1.807, 2.05) is 25.1 Å². The molecule has 0 aliphatic rings. The van der Waals surface area contributed by atoms with E-state index in [4.69, 9.17) is 4.74 Å². The van der Waals surface area contributed by atoms with Gasteiger partial charge in [0.15, 0.2) is 0 Å². The quantitative estimate of drug-likeness (QED) is 0.878. The van der Waals surface area contributed by atoms with Crippen molar-refractivity contribution in [1.82, 2.24) is 5.32 Å². The van der Waals surface area contributed by atoms with Gasteiger partial charge in [-0.2, -0.15) is 0 Å². The first-order valence-electron chi connectivity index (χ1n) is 6.48. The van der Waals surface area contributed by atoms with Crippen molar-refractivity contribution in [3.8, 4) is 5.75 Å². The second-order valence-electron chi connectivity index (χ2n) is 4.43. The van der Waals surface area contributed by atoms with Crippen LogP contribution in [0.4, 0.5) is 4.39 Å². The molecule has 2 rings (SSSR count). The first-order chi connectivity index (χ1) is 9.65. The van der Waals surface area contributed by atoms with Crippen LogP contribution >= 0.6 is 15.9 Å². The lowest BCUT2D eigenvalue weighted by Crippen LogP contribution is -2.22. The normalized spacial score (nSPS) is 12.2. The summed E-state index contributed by atoms with van der Waals surface area (Å²) in [6.07, 6.45) is 0. The van der Waals surface area contributed by atoms with E-state index in [0.717, 1.165) is 27.9 Å². The highest BCUT2D eigenvalue weighted by atomic mass is 79.9. The third-order valence-electron chi connectivity index (χ3n) is 3.11. The van der Waals surface area contributed by atoms with Crippen molar-refractivity contribution in [3.63, 3.8) is 0 Å². The lowest BCUT2D eigenvalue weighted by Gasteiger charge is -2.21. The third-order valence-corrected chi connectivity index (χ3v) is 3.61. The Kier molecular flexibility index (Phi) is 5.15. The monoisotopic (exact) mass is 337 g/mol. The lowest BCUT2D eigenvalue weighted by atomic mass is 9.97. The summed E-state index contributed by atoms with van der Waals surface area (Å²) in [5.74, 6) is 0.577. The van der Waals surface area contributed by atoms with Crippen LogP contribution in [0.3, 0.4) is 0 Å². The maximum atomic E-state index is 13.1. The summed E-state index contributed by atoms with van der Waals surface area (Å²) in [5.41, 5.74) is 2.03. The third kappa shape index (κ3) is 3.38. The minimum absolute atomic E-state index is 0.0342. The molecule has 0 heterocycles. The number of halogens is 2. The summed E-state index contributed by atoms with van der Waals surface area (Å²) in [4.78, 5) is 0. The molecule has 1 unspecified atom stereocenters. The summed E-state index contributed by atoms with van der Waals surface area (Å²) in [6, 6.07) is 12.4. The molecule has 0 aliphatic heterocycles. The molecule has 0 aliphatic carbocycles. The summed E-state index contributed by atoms with van der Waals surface area (Å²) in [6.45, 7) is 2.85. The fourth-order valence-corrected chi connectivity index (χ4v) is 2.58. The summed E-state index contributed by atoms with van der Waals surface area (Å²) < 4.78 is 19.5. The SMILES string of the molecule is CCNC(c1ccc(F)cc1)c1cc(Br)ccc1OC. The topological polar surface area (TPSA) is 21.3 Å². The molecule has 0 amide bonds. The number of methoxy groups -OCH3 is 1. The van der Waals surface area contributed by atoms with E-state index in [1.165, 1.54) is 12.1 Å². The maximum absolute atomic E-state index is 13.1. The van der Waals surface area contributed by atoms with E-state index < -0.39 is 0 Å². The van der Waals surface area contributed by atoms with Gasteiger partial charge in [0, 0.05) is 10.0 Å². The van der Waals surface area contributed by atoms with Crippen LogP contribution in [0.5, 0.6) is 5.75 Å². The Morgan fingerprint density at radius 3 is 2.50 bits per heavy atom. The molecule has 1 N–H and O–H groups in total. The average Bonchev–Trinajstić information content (AvgIpc) is 2.46. The van der Waals surface area contributed by atoms with E-state index in [-0.39, 0.29) is 11.9 Å². The number of ether oxygens (including phenoxy) is 1. The average molecular weight is 338 g/mol. The molecule has 2 aromatic rings. The smallest absolute Gasteiger partial charge is 0.124 e. The molecule has 0 spiro atoms. The lowest BCUT2D eigenvalue weighted by molar-refractivity contribution is 0.404. The van der Waals surface area contributed by atoms with Crippen LogP contribution in [0.15, 0.2) is 46.9 Å². The fraction of sp³-hybridized carbons (Fsp3) is 0.250. The van der Waals surface area contributed by atoms with Gasteiger partial charge < -0.3 is 10.1 Å². The Balaban J connectivity index is 2.47. The number of hydrogen-bond acceptors (Lipinski definition) is 2. The highest BCUT2D eigenvalue weighted by Gasteiger charge is 2.17. The van der Waals surface area contributed by atoms with Crippen molar-refractivity contribution in [2.75, 3.05) is 13.7 Å². The van der Waals surface area contributed by atoms with Crippen molar-refractivity contribution in [2.45, 2.75) is 13.0 Å². The van der Waals surface area contributed by atoms with Crippen LogP contribution in [-0.4, -0.2) is 13.7 Å². The van der Waals surface area contributed by atoms with E-state index in [2.05, 4.69) is 21.2 Å². The predicted molar refractivity (Wildman–Crippen MR) is 82.6 cm³/mol. The standard InChI is InChI=1S/C16H17BrFNO/c1-3-19-16(11-4-7-13(18)8-5-11)14-10-12(17)6-9-15(14)20-2/h4-10,16,19H,3H2,1-2H3. The molecule has 0 fully saturated rings. The van der Waals surface area contributed by atoms with Crippen molar-refractivity contribution in [2.24, 2.45) is 0 Å². The summed E-state index contributed by atoms with van der Waals surface area (Å²) in [5, 5.41) is 3.41. The van der Waals surface area contributed by atoms with Gasteiger partial charge in [0.25, 0.3) is 0 Å². The predicted octanol–water partition coefficient (Wildman–Crippen LogP) is 4.30. The van der Waals surface area contributed by atoms with Gasteiger partial charge in [0.2, 0.25) is 0 Å². The number of hydrogen-bond donors (Lipinski definition) is 1. The Hall–Kier alpha value is -1.39. The molecule has 1 atom stereocenters. The maximum Gasteiger partial charge on any atom is 0.124 e. The minimum atomic E-state index is -0.231. The van der Waals surface area contributed by atoms with E-state index in [0.29, 0.717) is 0 Å². The Bertz CT molecular complexity index is 571. The van der Waals surface area contributed by atoms with E-state index in [9.17, 15) is 4.39 Å². The second-order valence-corrected chi connectivity index (χ2v) is 5.34. The van der Waals surface area contributed by atoms with Gasteiger partial charge in [-0.1, -0.05) is 35.0 Å². The Morgan fingerprint density at radius 2 is 1.90 bits per heavy atom. The van der Waals surface area contributed by atoms with E-state index in [1.54, 1.807) is 19.2 Å². The Morgan fingerprint density at radius 1 is 1.20 bits per heavy atom. The number of nitrogens with one attached hydrogen (secondary N) is 1. The minimum Gasteiger partial charge on any atom is -0.496 e. The Labute approximate surface area is 127 Å². The molecule has 2 aromatic carbocycles. The van der Waals surface area contributed by atoms with Gasteiger partial charge in [-0.25, -0.2) is 4.39 Å². The molecule has 0 bridgehead atoms. The van der Waals surface area contributed by atoms with E-state index >= 15 is 0 Å². The molecule has 2 nitrogen and oxygen atoms in total. The van der Waals surface area contributed by atoms with Gasteiger partial charge in [0.1, 0.15) is 11.6 Å². The van der Waals surface area contributed by atoms with Gasteiger partial charge in [-0.05, 0) is 42.4 Å². The molecule has 0 saturated carbocycles. The van der Waals surface area contributed by atoms with Crippen molar-refractivity contribution < 1.29 is 9.13 Å². The fourth-order valence-electron chi connectivity index (χ4n) is 2.20. The first kappa shape index (κ1) is 15.0. The zero-order valence-corrected chi connectivity index (χ0v) is 13.1. The molecular formula is C16H17BrFNO. The molecule has 106 valence electrons. The summed E-state index contributed by atoms with van der Waals surface area (Å²) in [7, 11) is 1.65. The zero-order valence-electron chi connectivity index (χ0n) is 11.5. The molecule has 0 saturated heterocycles. The van der Waals surface area contributed by atoms with Crippen LogP contribution in [0, 0.1) is 5.82 Å². The molecule has 0 radical (unpaired) electrons. The molecule has 0 aromatic heterocycles. The highest BCUT2D eigenvalue weighted by Crippen LogP contribution is 2.32. The largest absolute Gasteiger partial charge is 0.496 e. The molecule has 4 heteroatoms. The molecular weight excluding hydrogens is 321 g/mol. The summed E-state index contributed by atoms with van der Waals surface area (Å²) >= 11 is 3.49. The van der Waals surface area contributed by atoms with Crippen molar-refractivity contribution in [3.05, 3.63) is 63.9 Å². The first-order valence-corrected chi connectivity index (χ1v) is 7.27. The van der Waals surface area contributed by atoms with Gasteiger partial charge >= 0.3 is 0 Å². The van der Waals surface area contributed by atoms with Gasteiger partial charge in [0.05, 0.1) is 13.2 Å². The number of benzene rings is 2. The van der Waals surface area contributed by atoms with Crippen LogP contribution in [0.1, 0.15) is 24.1 Å².